The third-order valence-corrected chi connectivity index (χ3v) is 1.94. The molecule has 80 valence electrons. The molecule has 0 spiro atoms. The lowest BCUT2D eigenvalue weighted by molar-refractivity contribution is -0.137. The van der Waals surface area contributed by atoms with E-state index in [0.29, 0.717) is 5.56 Å². The predicted octanol–water partition coefficient (Wildman–Crippen LogP) is 3.10. The van der Waals surface area contributed by atoms with Crippen LogP contribution in [0.25, 0.3) is 0 Å². The van der Waals surface area contributed by atoms with Crippen LogP contribution >= 0.6 is 0 Å². The van der Waals surface area contributed by atoms with Gasteiger partial charge in [-0.15, -0.1) is 0 Å². The summed E-state index contributed by atoms with van der Waals surface area (Å²) in [4.78, 5) is 13.3. The summed E-state index contributed by atoms with van der Waals surface area (Å²) in [6.07, 6.45) is -3.06. The lowest BCUT2D eigenvalue weighted by Gasteiger charge is -2.09. The first kappa shape index (κ1) is 11.5. The molecule has 15 heavy (non-hydrogen) atoms. The summed E-state index contributed by atoms with van der Waals surface area (Å²) in [5.41, 5.74) is -0.402. The number of hydrogen-bond acceptors (Lipinski definition) is 2. The second kappa shape index (κ2) is 4.28. The zero-order chi connectivity index (χ0) is 11.5. The van der Waals surface area contributed by atoms with E-state index in [2.05, 4.69) is 4.99 Å². The maximum Gasteiger partial charge on any atom is 0.416 e. The van der Waals surface area contributed by atoms with Crippen molar-refractivity contribution < 1.29 is 18.0 Å². The number of halogens is 3. The Morgan fingerprint density at radius 3 is 2.60 bits per heavy atom. The van der Waals surface area contributed by atoms with Gasteiger partial charge in [-0.2, -0.15) is 18.2 Å². The van der Waals surface area contributed by atoms with Gasteiger partial charge in [0.25, 0.3) is 0 Å². The van der Waals surface area contributed by atoms with Crippen molar-refractivity contribution in [2.75, 3.05) is 0 Å². The minimum Gasteiger partial charge on any atom is -0.211 e. The van der Waals surface area contributed by atoms with Gasteiger partial charge >= 0.3 is 6.18 Å². The predicted molar refractivity (Wildman–Crippen MR) is 48.0 cm³/mol. The minimum atomic E-state index is -4.37. The largest absolute Gasteiger partial charge is 0.416 e. The van der Waals surface area contributed by atoms with E-state index in [-0.39, 0.29) is 0 Å². The van der Waals surface area contributed by atoms with Gasteiger partial charge in [-0.1, -0.05) is 12.1 Å². The van der Waals surface area contributed by atoms with Crippen molar-refractivity contribution in [2.45, 2.75) is 19.1 Å². The molecule has 0 aliphatic heterocycles. The van der Waals surface area contributed by atoms with Crippen LogP contribution in [-0.4, -0.2) is 6.08 Å². The van der Waals surface area contributed by atoms with Crippen LogP contribution in [0, 0.1) is 0 Å². The zero-order valence-electron chi connectivity index (χ0n) is 7.88. The number of alkyl halides is 3. The fraction of sp³-hybridized carbons (Fsp3) is 0.300. The standard InChI is InChI=1S/C10H8F3NO/c1-7(14-6-15)8-3-2-4-9(5-8)10(11,12)13/h2-5,7H,1H3. The molecule has 0 saturated carbocycles. The second-order valence-electron chi connectivity index (χ2n) is 3.02. The summed E-state index contributed by atoms with van der Waals surface area (Å²) in [6, 6.07) is 4.12. The number of isocyanates is 1. The van der Waals surface area contributed by atoms with Gasteiger partial charge in [0.05, 0.1) is 11.6 Å². The van der Waals surface area contributed by atoms with Gasteiger partial charge in [0, 0.05) is 0 Å². The highest BCUT2D eigenvalue weighted by Gasteiger charge is 2.30. The molecule has 0 aliphatic carbocycles. The summed E-state index contributed by atoms with van der Waals surface area (Å²) < 4.78 is 36.9. The lowest BCUT2D eigenvalue weighted by Crippen LogP contribution is -2.05. The second-order valence-corrected chi connectivity index (χ2v) is 3.02. The van der Waals surface area contributed by atoms with E-state index in [9.17, 15) is 18.0 Å². The van der Waals surface area contributed by atoms with Crippen molar-refractivity contribution in [1.29, 1.82) is 0 Å². The van der Waals surface area contributed by atoms with Crippen LogP contribution < -0.4 is 0 Å². The number of hydrogen-bond donors (Lipinski definition) is 0. The molecule has 1 aromatic carbocycles. The van der Waals surface area contributed by atoms with E-state index < -0.39 is 17.8 Å². The highest BCUT2D eigenvalue weighted by Crippen LogP contribution is 2.31. The summed E-state index contributed by atoms with van der Waals surface area (Å²) >= 11 is 0. The van der Waals surface area contributed by atoms with E-state index in [1.165, 1.54) is 25.1 Å². The van der Waals surface area contributed by atoms with Crippen molar-refractivity contribution in [3.05, 3.63) is 35.4 Å². The monoisotopic (exact) mass is 215 g/mol. The fourth-order valence-electron chi connectivity index (χ4n) is 1.13. The molecule has 0 aromatic heterocycles. The summed E-state index contributed by atoms with van der Waals surface area (Å²) in [6.45, 7) is 1.53. The van der Waals surface area contributed by atoms with Crippen LogP contribution in [0.3, 0.4) is 0 Å². The molecular formula is C10H8F3NO. The molecule has 0 radical (unpaired) electrons. The highest BCUT2D eigenvalue weighted by atomic mass is 19.4. The van der Waals surface area contributed by atoms with Gasteiger partial charge in [-0.3, -0.25) is 0 Å². The lowest BCUT2D eigenvalue weighted by atomic mass is 10.1. The average Bonchev–Trinajstić information content (AvgIpc) is 2.17. The van der Waals surface area contributed by atoms with Crippen molar-refractivity contribution in [3.63, 3.8) is 0 Å². The van der Waals surface area contributed by atoms with Gasteiger partial charge in [-0.25, -0.2) is 4.79 Å². The number of rotatable bonds is 2. The number of aliphatic imine (C=N–C) groups is 1. The topological polar surface area (TPSA) is 29.4 Å². The molecule has 0 bridgehead atoms. The van der Waals surface area contributed by atoms with Gasteiger partial charge in [0.15, 0.2) is 0 Å². The van der Waals surface area contributed by atoms with E-state index in [1.54, 1.807) is 0 Å². The molecule has 0 saturated heterocycles. The molecule has 0 heterocycles. The van der Waals surface area contributed by atoms with Gasteiger partial charge < -0.3 is 0 Å². The highest BCUT2D eigenvalue weighted by molar-refractivity contribution is 5.36. The number of benzene rings is 1. The molecule has 0 amide bonds. The quantitative estimate of drug-likeness (QED) is 0.550. The van der Waals surface area contributed by atoms with Crippen LogP contribution in [0.1, 0.15) is 24.1 Å². The Labute approximate surface area is 84.4 Å². The SMILES string of the molecule is CC(N=C=O)c1cccc(C(F)(F)F)c1. The molecule has 2 nitrogen and oxygen atoms in total. The van der Waals surface area contributed by atoms with Crippen LogP contribution in [-0.2, 0) is 11.0 Å². The fourth-order valence-corrected chi connectivity index (χ4v) is 1.13. The Hall–Kier alpha value is -1.61. The molecule has 0 N–H and O–H groups in total. The zero-order valence-corrected chi connectivity index (χ0v) is 7.88. The molecule has 0 aliphatic rings. The first-order valence-electron chi connectivity index (χ1n) is 4.19. The Bertz CT molecular complexity index is 394. The number of nitrogens with zero attached hydrogens (tertiary/aromatic N) is 1. The maximum absolute atomic E-state index is 12.3. The minimum absolute atomic E-state index is 0.341. The maximum atomic E-state index is 12.3. The van der Waals surface area contributed by atoms with Gasteiger partial charge in [-0.05, 0) is 24.6 Å². The molecule has 0 fully saturated rings. The summed E-state index contributed by atoms with van der Waals surface area (Å²) in [5, 5.41) is 0. The summed E-state index contributed by atoms with van der Waals surface area (Å²) in [5.74, 6) is 0. The van der Waals surface area contributed by atoms with E-state index in [0.717, 1.165) is 12.1 Å². The molecule has 1 rings (SSSR count). The first-order valence-corrected chi connectivity index (χ1v) is 4.19. The molecule has 1 aromatic rings. The Kier molecular flexibility index (Phi) is 3.27. The van der Waals surface area contributed by atoms with E-state index >= 15 is 0 Å². The Morgan fingerprint density at radius 2 is 2.07 bits per heavy atom. The molecule has 5 heteroatoms. The van der Waals surface area contributed by atoms with Crippen molar-refractivity contribution in [3.8, 4) is 0 Å². The van der Waals surface area contributed by atoms with Crippen molar-refractivity contribution in [1.82, 2.24) is 0 Å². The normalized spacial score (nSPS) is 13.1. The first-order chi connectivity index (χ1) is 6.95. The van der Waals surface area contributed by atoms with Gasteiger partial charge in [0.2, 0.25) is 6.08 Å². The molecule has 1 atom stereocenters. The third-order valence-electron chi connectivity index (χ3n) is 1.94. The van der Waals surface area contributed by atoms with E-state index in [1.807, 2.05) is 0 Å². The van der Waals surface area contributed by atoms with Crippen LogP contribution in [0.4, 0.5) is 13.2 Å². The number of carbonyl (C=O) groups excluding carboxylic acids is 1. The van der Waals surface area contributed by atoms with Gasteiger partial charge in [0.1, 0.15) is 0 Å². The van der Waals surface area contributed by atoms with Crippen LogP contribution in [0.5, 0.6) is 0 Å². The van der Waals surface area contributed by atoms with Crippen molar-refractivity contribution >= 4 is 6.08 Å². The Balaban J connectivity index is 3.08. The molecular weight excluding hydrogens is 207 g/mol. The van der Waals surface area contributed by atoms with Crippen LogP contribution in [0.15, 0.2) is 29.3 Å². The van der Waals surface area contributed by atoms with Crippen LogP contribution in [0.2, 0.25) is 0 Å². The van der Waals surface area contributed by atoms with Crippen molar-refractivity contribution in [2.24, 2.45) is 4.99 Å². The van der Waals surface area contributed by atoms with E-state index in [4.69, 9.17) is 0 Å². The average molecular weight is 215 g/mol. The summed E-state index contributed by atoms with van der Waals surface area (Å²) in [7, 11) is 0. The smallest absolute Gasteiger partial charge is 0.211 e. The molecule has 1 unspecified atom stereocenters. The third kappa shape index (κ3) is 2.92. The Morgan fingerprint density at radius 1 is 1.40 bits per heavy atom.